The Labute approximate surface area is 118 Å². The van der Waals surface area contributed by atoms with Gasteiger partial charge < -0.3 is 20.7 Å². The van der Waals surface area contributed by atoms with Gasteiger partial charge in [0.2, 0.25) is 0 Å². The van der Waals surface area contributed by atoms with Gasteiger partial charge in [-0.05, 0) is 18.4 Å². The average Bonchev–Trinajstić information content (AvgIpc) is 2.37. The van der Waals surface area contributed by atoms with E-state index in [1.54, 1.807) is 12.1 Å². The zero-order valence-corrected chi connectivity index (χ0v) is 12.0. The lowest BCUT2D eigenvalue weighted by atomic mass is 9.84. The van der Waals surface area contributed by atoms with Gasteiger partial charge in [0, 0.05) is 30.4 Å². The molecule has 0 radical (unpaired) electrons. The van der Waals surface area contributed by atoms with Crippen LogP contribution in [0.2, 0.25) is 0 Å². The molecule has 1 aromatic heterocycles. The molecule has 0 spiro atoms. The van der Waals surface area contributed by atoms with Crippen LogP contribution in [0.1, 0.15) is 26.0 Å². The number of aliphatic hydroxyl groups is 1. The van der Waals surface area contributed by atoms with Crippen molar-refractivity contribution in [3.8, 4) is 5.75 Å². The molecule has 0 saturated heterocycles. The lowest BCUT2D eigenvalue weighted by molar-refractivity contribution is -0.161. The second kappa shape index (κ2) is 6.67. The van der Waals surface area contributed by atoms with Gasteiger partial charge >= 0.3 is 5.97 Å². The zero-order valence-electron chi connectivity index (χ0n) is 12.0. The van der Waals surface area contributed by atoms with Gasteiger partial charge in [0.15, 0.2) is 5.60 Å². The maximum atomic E-state index is 11.4. The van der Waals surface area contributed by atoms with Crippen LogP contribution in [0.25, 0.3) is 0 Å². The lowest BCUT2D eigenvalue weighted by Gasteiger charge is -2.30. The van der Waals surface area contributed by atoms with Crippen LogP contribution in [-0.4, -0.2) is 39.9 Å². The number of methoxy groups -OCH3 is 1. The van der Waals surface area contributed by atoms with Gasteiger partial charge in [0.1, 0.15) is 5.75 Å². The quantitative estimate of drug-likeness (QED) is 0.683. The predicted octanol–water partition coefficient (Wildman–Crippen LogP) is 0.822. The Bertz CT molecular complexity index is 464. The summed E-state index contributed by atoms with van der Waals surface area (Å²) < 4.78 is 5.05. The summed E-state index contributed by atoms with van der Waals surface area (Å²) in [7, 11) is 1.51. The number of aromatic nitrogens is 1. The molecule has 0 amide bonds. The van der Waals surface area contributed by atoms with Crippen LogP contribution in [0, 0.1) is 5.92 Å². The summed E-state index contributed by atoms with van der Waals surface area (Å²) in [6, 6.07) is 2.38. The Hall–Kier alpha value is -1.66. The Morgan fingerprint density at radius 2 is 2.20 bits per heavy atom. The van der Waals surface area contributed by atoms with Gasteiger partial charge in [0.05, 0.1) is 7.11 Å². The first-order chi connectivity index (χ1) is 9.29. The number of ether oxygens (including phenoxy) is 1. The Morgan fingerprint density at radius 3 is 2.70 bits per heavy atom. The van der Waals surface area contributed by atoms with E-state index in [9.17, 15) is 15.0 Å². The third-order valence-electron chi connectivity index (χ3n) is 3.18. The normalized spacial score (nSPS) is 15.7. The maximum absolute atomic E-state index is 11.4. The van der Waals surface area contributed by atoms with E-state index in [0.29, 0.717) is 17.9 Å². The molecule has 20 heavy (non-hydrogen) atoms. The number of nitrogens with two attached hydrogens (primary N) is 1. The van der Waals surface area contributed by atoms with Crippen molar-refractivity contribution in [1.82, 2.24) is 4.98 Å². The zero-order chi connectivity index (χ0) is 15.3. The molecule has 2 atom stereocenters. The highest BCUT2D eigenvalue weighted by Crippen LogP contribution is 2.22. The maximum Gasteiger partial charge on any atom is 0.337 e. The molecule has 0 aromatic carbocycles. The molecule has 0 unspecified atom stereocenters. The third-order valence-corrected chi connectivity index (χ3v) is 3.18. The molecule has 112 valence electrons. The summed E-state index contributed by atoms with van der Waals surface area (Å²) in [6.07, 6.45) is 1.75. The fourth-order valence-electron chi connectivity index (χ4n) is 2.02. The first kappa shape index (κ1) is 16.4. The topological polar surface area (TPSA) is 106 Å². The Kier molecular flexibility index (Phi) is 5.47. The number of hydrogen-bond donors (Lipinski definition) is 3. The monoisotopic (exact) mass is 282 g/mol. The molecule has 0 fully saturated rings. The summed E-state index contributed by atoms with van der Waals surface area (Å²) in [4.78, 5) is 15.5. The molecular weight excluding hydrogens is 260 g/mol. The average molecular weight is 282 g/mol. The van der Waals surface area contributed by atoms with Crippen molar-refractivity contribution in [2.75, 3.05) is 7.11 Å². The molecule has 1 rings (SSSR count). The molecule has 0 bridgehead atoms. The highest BCUT2D eigenvalue weighted by molar-refractivity contribution is 5.78. The number of hydrogen-bond acceptors (Lipinski definition) is 5. The van der Waals surface area contributed by atoms with E-state index in [-0.39, 0.29) is 12.3 Å². The minimum Gasteiger partial charge on any atom is -0.497 e. The van der Waals surface area contributed by atoms with Gasteiger partial charge in [-0.25, -0.2) is 4.79 Å². The largest absolute Gasteiger partial charge is 0.497 e. The molecular formula is C14H22N2O4. The van der Waals surface area contributed by atoms with Crippen LogP contribution >= 0.6 is 0 Å². The number of carboxylic acid groups (broad SMARTS) is 1. The SMILES string of the molecule is COc1ccnc(C[C@](O)(C(=O)O)[C@@H](N)CC(C)C)c1. The Morgan fingerprint density at radius 1 is 1.55 bits per heavy atom. The van der Waals surface area contributed by atoms with Crippen molar-refractivity contribution in [2.45, 2.75) is 38.3 Å². The molecule has 0 aliphatic heterocycles. The second-order valence-electron chi connectivity index (χ2n) is 5.33. The van der Waals surface area contributed by atoms with E-state index in [4.69, 9.17) is 10.5 Å². The summed E-state index contributed by atoms with van der Waals surface area (Å²) in [5.74, 6) is -0.593. The van der Waals surface area contributed by atoms with E-state index in [2.05, 4.69) is 4.98 Å². The molecule has 1 aromatic rings. The predicted molar refractivity (Wildman–Crippen MR) is 74.5 cm³/mol. The van der Waals surface area contributed by atoms with Crippen LogP contribution in [0.4, 0.5) is 0 Å². The fourth-order valence-corrected chi connectivity index (χ4v) is 2.02. The summed E-state index contributed by atoms with van der Waals surface area (Å²) in [6.45, 7) is 3.85. The fraction of sp³-hybridized carbons (Fsp3) is 0.571. The van der Waals surface area contributed by atoms with Crippen LogP contribution in [0.5, 0.6) is 5.75 Å². The number of nitrogens with zero attached hydrogens (tertiary/aromatic N) is 1. The van der Waals surface area contributed by atoms with E-state index >= 15 is 0 Å². The van der Waals surface area contributed by atoms with Crippen LogP contribution in [0.3, 0.4) is 0 Å². The van der Waals surface area contributed by atoms with Gasteiger partial charge in [-0.3, -0.25) is 4.98 Å². The van der Waals surface area contributed by atoms with Gasteiger partial charge in [0.25, 0.3) is 0 Å². The highest BCUT2D eigenvalue weighted by atomic mass is 16.5. The van der Waals surface area contributed by atoms with Gasteiger partial charge in [-0.1, -0.05) is 13.8 Å². The van der Waals surface area contributed by atoms with E-state index in [1.807, 2.05) is 13.8 Å². The smallest absolute Gasteiger partial charge is 0.337 e. The van der Waals surface area contributed by atoms with Crippen molar-refractivity contribution < 1.29 is 19.7 Å². The Balaban J connectivity index is 2.98. The van der Waals surface area contributed by atoms with E-state index in [1.165, 1.54) is 13.3 Å². The second-order valence-corrected chi connectivity index (χ2v) is 5.33. The number of carboxylic acids is 1. The van der Waals surface area contributed by atoms with Gasteiger partial charge in [-0.2, -0.15) is 0 Å². The van der Waals surface area contributed by atoms with Crippen molar-refractivity contribution in [2.24, 2.45) is 11.7 Å². The summed E-state index contributed by atoms with van der Waals surface area (Å²) in [5, 5.41) is 19.7. The number of rotatable bonds is 7. The van der Waals surface area contributed by atoms with E-state index < -0.39 is 17.6 Å². The molecule has 0 aliphatic rings. The molecule has 6 heteroatoms. The molecule has 1 heterocycles. The standard InChI is InChI=1S/C14H22N2O4/c1-9(2)6-12(15)14(19,13(17)18)8-10-7-11(20-3)4-5-16-10/h4-5,7,9,12,19H,6,8,15H2,1-3H3,(H,17,18)/t12-,14+/m0/s1. The van der Waals surface area contributed by atoms with Crippen molar-refractivity contribution in [1.29, 1.82) is 0 Å². The number of aliphatic carboxylic acids is 1. The minimum atomic E-state index is -2.04. The highest BCUT2D eigenvalue weighted by Gasteiger charge is 2.43. The number of pyridine rings is 1. The first-order valence-electron chi connectivity index (χ1n) is 6.50. The van der Waals surface area contributed by atoms with Crippen LogP contribution in [0.15, 0.2) is 18.3 Å². The molecule has 4 N–H and O–H groups in total. The first-order valence-corrected chi connectivity index (χ1v) is 6.50. The van der Waals surface area contributed by atoms with Crippen LogP contribution in [-0.2, 0) is 11.2 Å². The minimum absolute atomic E-state index is 0.159. The van der Waals surface area contributed by atoms with Crippen molar-refractivity contribution in [3.05, 3.63) is 24.0 Å². The van der Waals surface area contributed by atoms with Crippen molar-refractivity contribution in [3.63, 3.8) is 0 Å². The van der Waals surface area contributed by atoms with Crippen LogP contribution < -0.4 is 10.5 Å². The number of carbonyl (C=O) groups is 1. The van der Waals surface area contributed by atoms with Gasteiger partial charge in [-0.15, -0.1) is 0 Å². The molecule has 0 aliphatic carbocycles. The van der Waals surface area contributed by atoms with Crippen molar-refractivity contribution >= 4 is 5.97 Å². The molecule has 6 nitrogen and oxygen atoms in total. The molecule has 0 saturated carbocycles. The third kappa shape index (κ3) is 3.91. The summed E-state index contributed by atoms with van der Waals surface area (Å²) >= 11 is 0. The summed E-state index contributed by atoms with van der Waals surface area (Å²) in [5.41, 5.74) is 4.27. The lowest BCUT2D eigenvalue weighted by Crippen LogP contribution is -2.56. The van der Waals surface area contributed by atoms with E-state index in [0.717, 1.165) is 0 Å².